The van der Waals surface area contributed by atoms with Gasteiger partial charge < -0.3 is 5.32 Å². The molecule has 1 aromatic heterocycles. The molecule has 1 heterocycles. The molecule has 3 aromatic carbocycles. The predicted molar refractivity (Wildman–Crippen MR) is 123 cm³/mol. The molecule has 0 atom stereocenters. The Bertz CT molecular complexity index is 1340. The second-order valence-corrected chi connectivity index (χ2v) is 9.91. The lowest BCUT2D eigenvalue weighted by Gasteiger charge is -2.15. The first kappa shape index (κ1) is 20.1. The van der Waals surface area contributed by atoms with Crippen molar-refractivity contribution in [2.75, 3.05) is 10.0 Å². The fourth-order valence-electron chi connectivity index (χ4n) is 3.18. The van der Waals surface area contributed by atoms with E-state index in [1.807, 2.05) is 56.3 Å². The Morgan fingerprint density at radius 2 is 1.60 bits per heavy atom. The molecule has 5 nitrogen and oxygen atoms in total. The van der Waals surface area contributed by atoms with Gasteiger partial charge in [0.2, 0.25) is 0 Å². The molecule has 0 radical (unpaired) electrons. The molecule has 0 saturated heterocycles. The SMILES string of the molecule is Cc1ccc(C)c(NC(=O)c2cc3ccccc3cc2NS(=O)(=O)c2cccs2)c1. The van der Waals surface area contributed by atoms with E-state index in [4.69, 9.17) is 0 Å². The van der Waals surface area contributed by atoms with Gasteiger partial charge in [0.1, 0.15) is 4.21 Å². The van der Waals surface area contributed by atoms with Crippen LogP contribution in [0.3, 0.4) is 0 Å². The number of anilines is 2. The zero-order valence-corrected chi connectivity index (χ0v) is 18.1. The standard InChI is InChI=1S/C23H20N2O3S2/c1-15-9-10-16(2)20(12-15)24-23(26)19-13-17-6-3-4-7-18(17)14-21(19)25-30(27,28)22-8-5-11-29-22/h3-14,25H,1-2H3,(H,24,26). The fourth-order valence-corrected chi connectivity index (χ4v) is 5.25. The van der Waals surface area contributed by atoms with E-state index in [2.05, 4.69) is 10.0 Å². The number of sulfonamides is 1. The van der Waals surface area contributed by atoms with E-state index in [0.29, 0.717) is 5.69 Å². The van der Waals surface area contributed by atoms with Crippen LogP contribution in [0.5, 0.6) is 0 Å². The molecule has 0 fully saturated rings. The number of hydrogen-bond acceptors (Lipinski definition) is 4. The van der Waals surface area contributed by atoms with Crippen molar-refractivity contribution >= 4 is 49.4 Å². The van der Waals surface area contributed by atoms with Gasteiger partial charge in [-0.1, -0.05) is 42.5 Å². The zero-order chi connectivity index (χ0) is 21.3. The largest absolute Gasteiger partial charge is 0.322 e. The highest BCUT2D eigenvalue weighted by atomic mass is 32.2. The normalized spacial score (nSPS) is 11.4. The molecule has 0 aliphatic rings. The minimum atomic E-state index is -3.79. The number of hydrogen-bond donors (Lipinski definition) is 2. The Kier molecular flexibility index (Phi) is 5.32. The highest BCUT2D eigenvalue weighted by molar-refractivity contribution is 7.94. The highest BCUT2D eigenvalue weighted by Gasteiger charge is 2.21. The number of carbonyl (C=O) groups is 1. The molecule has 30 heavy (non-hydrogen) atoms. The van der Waals surface area contributed by atoms with Crippen molar-refractivity contribution in [1.82, 2.24) is 0 Å². The maximum atomic E-state index is 13.2. The minimum Gasteiger partial charge on any atom is -0.322 e. The summed E-state index contributed by atoms with van der Waals surface area (Å²) in [7, 11) is -3.79. The Hall–Kier alpha value is -3.16. The van der Waals surface area contributed by atoms with E-state index in [9.17, 15) is 13.2 Å². The predicted octanol–water partition coefficient (Wildman–Crippen LogP) is 5.57. The van der Waals surface area contributed by atoms with E-state index < -0.39 is 10.0 Å². The number of amides is 1. The molecule has 1 amide bonds. The van der Waals surface area contributed by atoms with Crippen molar-refractivity contribution in [3.05, 3.63) is 88.8 Å². The first-order valence-corrected chi connectivity index (χ1v) is 11.7. The summed E-state index contributed by atoms with van der Waals surface area (Å²) in [5.41, 5.74) is 3.14. The molecular formula is C23H20N2O3S2. The number of fused-ring (bicyclic) bond motifs is 1. The van der Waals surface area contributed by atoms with Gasteiger partial charge in [-0.05, 0) is 65.4 Å². The lowest BCUT2D eigenvalue weighted by Crippen LogP contribution is -2.18. The lowest BCUT2D eigenvalue weighted by molar-refractivity contribution is 0.102. The van der Waals surface area contributed by atoms with E-state index in [-0.39, 0.29) is 21.4 Å². The molecule has 0 bridgehead atoms. The van der Waals surface area contributed by atoms with Crippen molar-refractivity contribution in [1.29, 1.82) is 0 Å². The first-order valence-electron chi connectivity index (χ1n) is 9.31. The van der Waals surface area contributed by atoms with Crippen LogP contribution in [-0.4, -0.2) is 14.3 Å². The Morgan fingerprint density at radius 1 is 0.867 bits per heavy atom. The molecule has 4 rings (SSSR count). The Labute approximate surface area is 179 Å². The molecule has 7 heteroatoms. The van der Waals surface area contributed by atoms with Crippen LogP contribution in [0.15, 0.2) is 76.3 Å². The van der Waals surface area contributed by atoms with Gasteiger partial charge in [0.15, 0.2) is 0 Å². The third kappa shape index (κ3) is 4.08. The quantitative estimate of drug-likeness (QED) is 0.429. The third-order valence-electron chi connectivity index (χ3n) is 4.78. The van der Waals surface area contributed by atoms with Gasteiger partial charge >= 0.3 is 0 Å². The van der Waals surface area contributed by atoms with E-state index in [1.54, 1.807) is 23.6 Å². The summed E-state index contributed by atoms with van der Waals surface area (Å²) in [5.74, 6) is -0.377. The summed E-state index contributed by atoms with van der Waals surface area (Å²) in [5, 5.41) is 6.31. The topological polar surface area (TPSA) is 75.3 Å². The van der Waals surface area contributed by atoms with Crippen molar-refractivity contribution in [2.45, 2.75) is 18.1 Å². The average molecular weight is 437 g/mol. The second-order valence-electron chi connectivity index (χ2n) is 7.06. The zero-order valence-electron chi connectivity index (χ0n) is 16.5. The summed E-state index contributed by atoms with van der Waals surface area (Å²) >= 11 is 1.12. The summed E-state index contributed by atoms with van der Waals surface area (Å²) in [6, 6.07) is 19.9. The fraction of sp³-hybridized carbons (Fsp3) is 0.0870. The van der Waals surface area contributed by atoms with Crippen LogP contribution in [-0.2, 0) is 10.0 Å². The summed E-state index contributed by atoms with van der Waals surface area (Å²) in [4.78, 5) is 13.2. The number of thiophene rings is 1. The van der Waals surface area contributed by atoms with Crippen molar-refractivity contribution in [3.8, 4) is 0 Å². The van der Waals surface area contributed by atoms with E-state index in [0.717, 1.165) is 33.2 Å². The van der Waals surface area contributed by atoms with E-state index >= 15 is 0 Å². The van der Waals surface area contributed by atoms with Gasteiger partial charge in [-0.2, -0.15) is 0 Å². The van der Waals surface area contributed by atoms with Gasteiger partial charge in [-0.3, -0.25) is 9.52 Å². The molecule has 0 saturated carbocycles. The van der Waals surface area contributed by atoms with Crippen molar-refractivity contribution < 1.29 is 13.2 Å². The van der Waals surface area contributed by atoms with Gasteiger partial charge in [-0.15, -0.1) is 11.3 Å². The average Bonchev–Trinajstić information content (AvgIpc) is 3.26. The molecule has 2 N–H and O–H groups in total. The second kappa shape index (κ2) is 7.93. The third-order valence-corrected chi connectivity index (χ3v) is 7.54. The number of carbonyl (C=O) groups excluding carboxylic acids is 1. The van der Waals surface area contributed by atoms with Crippen LogP contribution in [0.1, 0.15) is 21.5 Å². The maximum absolute atomic E-state index is 13.2. The number of aryl methyl sites for hydroxylation is 2. The Balaban J connectivity index is 1.78. The van der Waals surface area contributed by atoms with Crippen LogP contribution < -0.4 is 10.0 Å². The van der Waals surface area contributed by atoms with Gasteiger partial charge in [0, 0.05) is 5.69 Å². The summed E-state index contributed by atoms with van der Waals surface area (Å²) < 4.78 is 28.4. The number of rotatable bonds is 5. The van der Waals surface area contributed by atoms with Gasteiger partial charge in [-0.25, -0.2) is 8.42 Å². The van der Waals surface area contributed by atoms with Crippen LogP contribution in [0.25, 0.3) is 10.8 Å². The lowest BCUT2D eigenvalue weighted by atomic mass is 10.0. The van der Waals surface area contributed by atoms with Crippen molar-refractivity contribution in [2.24, 2.45) is 0 Å². The minimum absolute atomic E-state index is 0.191. The van der Waals surface area contributed by atoms with Crippen LogP contribution in [0, 0.1) is 13.8 Å². The molecule has 0 aliphatic heterocycles. The molecular weight excluding hydrogens is 416 g/mol. The van der Waals surface area contributed by atoms with Crippen LogP contribution >= 0.6 is 11.3 Å². The van der Waals surface area contributed by atoms with Gasteiger partial charge in [0.25, 0.3) is 15.9 Å². The van der Waals surface area contributed by atoms with E-state index in [1.165, 1.54) is 6.07 Å². The molecule has 152 valence electrons. The maximum Gasteiger partial charge on any atom is 0.271 e. The van der Waals surface area contributed by atoms with Crippen LogP contribution in [0.4, 0.5) is 11.4 Å². The molecule has 0 unspecified atom stereocenters. The Morgan fingerprint density at radius 3 is 2.30 bits per heavy atom. The van der Waals surface area contributed by atoms with Crippen LogP contribution in [0.2, 0.25) is 0 Å². The monoisotopic (exact) mass is 436 g/mol. The number of nitrogens with one attached hydrogen (secondary N) is 2. The highest BCUT2D eigenvalue weighted by Crippen LogP contribution is 2.29. The molecule has 0 aliphatic carbocycles. The molecule has 0 spiro atoms. The summed E-state index contributed by atoms with van der Waals surface area (Å²) in [6.45, 7) is 3.86. The molecule has 4 aromatic rings. The smallest absolute Gasteiger partial charge is 0.271 e. The number of benzene rings is 3. The summed E-state index contributed by atoms with van der Waals surface area (Å²) in [6.07, 6.45) is 0. The van der Waals surface area contributed by atoms with Crippen molar-refractivity contribution in [3.63, 3.8) is 0 Å². The van der Waals surface area contributed by atoms with Gasteiger partial charge in [0.05, 0.1) is 11.3 Å². The first-order chi connectivity index (χ1) is 14.3.